The molecule has 3 rings (SSSR count). The number of hydrogen-bond donors (Lipinski definition) is 1. The van der Waals surface area contributed by atoms with Gasteiger partial charge in [0, 0.05) is 5.56 Å². The van der Waals surface area contributed by atoms with Gasteiger partial charge in [-0.1, -0.05) is 42.5 Å². The predicted molar refractivity (Wildman–Crippen MR) is 95.7 cm³/mol. The van der Waals surface area contributed by atoms with E-state index in [4.69, 9.17) is 0 Å². The standard InChI is InChI=1S/C21H21NO/c1-14-9-10-15(2)20-13-18(11-12-19(14)20)16(3)22-21(23)17-7-5-4-6-8-17/h4-13,16H,1-3H3,(H,22,23)/t16-/m0/s1. The van der Waals surface area contributed by atoms with Gasteiger partial charge in [-0.3, -0.25) is 4.79 Å². The van der Waals surface area contributed by atoms with E-state index in [9.17, 15) is 4.79 Å². The Morgan fingerprint density at radius 1 is 0.870 bits per heavy atom. The molecule has 3 aromatic carbocycles. The highest BCUT2D eigenvalue weighted by Crippen LogP contribution is 2.26. The monoisotopic (exact) mass is 303 g/mol. The van der Waals surface area contributed by atoms with Gasteiger partial charge in [-0.25, -0.2) is 0 Å². The summed E-state index contributed by atoms with van der Waals surface area (Å²) in [7, 11) is 0. The fourth-order valence-corrected chi connectivity index (χ4v) is 2.88. The van der Waals surface area contributed by atoms with Gasteiger partial charge in [0.2, 0.25) is 0 Å². The molecule has 0 saturated carbocycles. The van der Waals surface area contributed by atoms with Crippen molar-refractivity contribution in [2.45, 2.75) is 26.8 Å². The Morgan fingerprint density at radius 3 is 2.22 bits per heavy atom. The summed E-state index contributed by atoms with van der Waals surface area (Å²) in [4.78, 5) is 12.3. The number of fused-ring (bicyclic) bond motifs is 1. The van der Waals surface area contributed by atoms with Crippen LogP contribution in [-0.4, -0.2) is 5.91 Å². The van der Waals surface area contributed by atoms with Gasteiger partial charge >= 0.3 is 0 Å². The van der Waals surface area contributed by atoms with E-state index in [2.05, 4.69) is 49.5 Å². The minimum Gasteiger partial charge on any atom is -0.346 e. The van der Waals surface area contributed by atoms with Gasteiger partial charge < -0.3 is 5.32 Å². The Hall–Kier alpha value is -2.61. The third-order valence-electron chi connectivity index (χ3n) is 4.36. The van der Waals surface area contributed by atoms with Crippen LogP contribution in [0, 0.1) is 13.8 Å². The average Bonchev–Trinajstić information content (AvgIpc) is 2.58. The van der Waals surface area contributed by atoms with Crippen molar-refractivity contribution in [1.82, 2.24) is 5.32 Å². The lowest BCUT2D eigenvalue weighted by Gasteiger charge is -2.16. The average molecular weight is 303 g/mol. The zero-order chi connectivity index (χ0) is 16.4. The van der Waals surface area contributed by atoms with Crippen molar-refractivity contribution in [2.75, 3.05) is 0 Å². The second-order valence-corrected chi connectivity index (χ2v) is 6.07. The molecule has 0 saturated heterocycles. The summed E-state index contributed by atoms with van der Waals surface area (Å²) in [6.07, 6.45) is 0. The van der Waals surface area contributed by atoms with Crippen LogP contribution in [-0.2, 0) is 0 Å². The molecule has 116 valence electrons. The van der Waals surface area contributed by atoms with Crippen LogP contribution in [0.2, 0.25) is 0 Å². The lowest BCUT2D eigenvalue weighted by Crippen LogP contribution is -2.26. The molecular formula is C21H21NO. The molecule has 23 heavy (non-hydrogen) atoms. The van der Waals surface area contributed by atoms with E-state index in [-0.39, 0.29) is 11.9 Å². The number of carbonyl (C=O) groups is 1. The summed E-state index contributed by atoms with van der Waals surface area (Å²) in [6, 6.07) is 20.0. The van der Waals surface area contributed by atoms with E-state index in [1.165, 1.54) is 21.9 Å². The van der Waals surface area contributed by atoms with E-state index < -0.39 is 0 Å². The first-order valence-electron chi connectivity index (χ1n) is 7.92. The van der Waals surface area contributed by atoms with Crippen LogP contribution in [0.3, 0.4) is 0 Å². The molecule has 0 heterocycles. The van der Waals surface area contributed by atoms with Crippen molar-refractivity contribution in [3.63, 3.8) is 0 Å². The molecule has 1 N–H and O–H groups in total. The molecule has 1 amide bonds. The molecule has 0 bridgehead atoms. The summed E-state index contributed by atoms with van der Waals surface area (Å²) in [5, 5.41) is 5.60. The second-order valence-electron chi connectivity index (χ2n) is 6.07. The summed E-state index contributed by atoms with van der Waals surface area (Å²) < 4.78 is 0. The molecule has 0 aromatic heterocycles. The van der Waals surface area contributed by atoms with Gasteiger partial charge in [0.1, 0.15) is 0 Å². The number of amides is 1. The van der Waals surface area contributed by atoms with Crippen LogP contribution < -0.4 is 5.32 Å². The van der Waals surface area contributed by atoms with Crippen molar-refractivity contribution < 1.29 is 4.79 Å². The molecule has 2 heteroatoms. The fourth-order valence-electron chi connectivity index (χ4n) is 2.88. The molecule has 0 aliphatic heterocycles. The number of nitrogens with one attached hydrogen (secondary N) is 1. The smallest absolute Gasteiger partial charge is 0.251 e. The van der Waals surface area contributed by atoms with Gasteiger partial charge in [0.25, 0.3) is 5.91 Å². The Balaban J connectivity index is 1.88. The van der Waals surface area contributed by atoms with Crippen molar-refractivity contribution >= 4 is 16.7 Å². The van der Waals surface area contributed by atoms with Gasteiger partial charge in [-0.05, 0) is 66.4 Å². The van der Waals surface area contributed by atoms with Crippen molar-refractivity contribution in [1.29, 1.82) is 0 Å². The summed E-state index contributed by atoms with van der Waals surface area (Å²) in [5.74, 6) is -0.0424. The maximum Gasteiger partial charge on any atom is 0.251 e. The maximum atomic E-state index is 12.3. The molecule has 0 aliphatic rings. The first kappa shape index (κ1) is 15.3. The van der Waals surface area contributed by atoms with Crippen LogP contribution in [0.1, 0.15) is 40.0 Å². The highest BCUT2D eigenvalue weighted by molar-refractivity contribution is 5.94. The largest absolute Gasteiger partial charge is 0.346 e. The highest BCUT2D eigenvalue weighted by atomic mass is 16.1. The second kappa shape index (κ2) is 6.25. The molecule has 0 aliphatic carbocycles. The molecule has 2 nitrogen and oxygen atoms in total. The number of aryl methyl sites for hydroxylation is 2. The van der Waals surface area contributed by atoms with Crippen LogP contribution in [0.4, 0.5) is 0 Å². The zero-order valence-electron chi connectivity index (χ0n) is 13.8. The third-order valence-corrected chi connectivity index (χ3v) is 4.36. The fraction of sp³-hybridized carbons (Fsp3) is 0.190. The van der Waals surface area contributed by atoms with E-state index in [0.717, 1.165) is 5.56 Å². The molecule has 0 fully saturated rings. The third kappa shape index (κ3) is 3.11. The Kier molecular flexibility index (Phi) is 4.16. The van der Waals surface area contributed by atoms with Gasteiger partial charge in [0.15, 0.2) is 0 Å². The molecule has 0 radical (unpaired) electrons. The minimum atomic E-state index is -0.0424. The van der Waals surface area contributed by atoms with Crippen molar-refractivity contribution in [3.05, 3.63) is 82.9 Å². The Bertz CT molecular complexity index is 852. The SMILES string of the molecule is Cc1ccc(C)c2cc([C@H](C)NC(=O)c3ccccc3)ccc12. The molecule has 0 spiro atoms. The van der Waals surface area contributed by atoms with Crippen LogP contribution in [0.5, 0.6) is 0 Å². The molecular weight excluding hydrogens is 282 g/mol. The zero-order valence-corrected chi connectivity index (χ0v) is 13.8. The lowest BCUT2D eigenvalue weighted by molar-refractivity contribution is 0.0940. The van der Waals surface area contributed by atoms with Gasteiger partial charge in [-0.2, -0.15) is 0 Å². The van der Waals surface area contributed by atoms with Crippen molar-refractivity contribution in [3.8, 4) is 0 Å². The van der Waals surface area contributed by atoms with Crippen molar-refractivity contribution in [2.24, 2.45) is 0 Å². The topological polar surface area (TPSA) is 29.1 Å². The normalized spacial score (nSPS) is 12.1. The summed E-state index contributed by atoms with van der Waals surface area (Å²) in [6.45, 7) is 6.27. The van der Waals surface area contributed by atoms with Gasteiger partial charge in [0.05, 0.1) is 6.04 Å². The Morgan fingerprint density at radius 2 is 1.52 bits per heavy atom. The lowest BCUT2D eigenvalue weighted by atomic mass is 9.97. The van der Waals surface area contributed by atoms with Crippen LogP contribution in [0.15, 0.2) is 60.7 Å². The maximum absolute atomic E-state index is 12.3. The minimum absolute atomic E-state index is 0.0352. The van der Waals surface area contributed by atoms with E-state index >= 15 is 0 Å². The number of hydrogen-bond acceptors (Lipinski definition) is 1. The van der Waals surface area contributed by atoms with Crippen LogP contribution in [0.25, 0.3) is 10.8 Å². The Labute approximate surface area is 137 Å². The van der Waals surface area contributed by atoms with E-state index in [1.807, 2.05) is 37.3 Å². The van der Waals surface area contributed by atoms with Gasteiger partial charge in [-0.15, -0.1) is 0 Å². The molecule has 0 unspecified atom stereocenters. The molecule has 3 aromatic rings. The summed E-state index contributed by atoms with van der Waals surface area (Å²) >= 11 is 0. The van der Waals surface area contributed by atoms with E-state index in [0.29, 0.717) is 5.56 Å². The first-order valence-corrected chi connectivity index (χ1v) is 7.92. The predicted octanol–water partition coefficient (Wildman–Crippen LogP) is 4.95. The summed E-state index contributed by atoms with van der Waals surface area (Å²) in [5.41, 5.74) is 4.34. The number of benzene rings is 3. The quantitative estimate of drug-likeness (QED) is 0.729. The highest BCUT2D eigenvalue weighted by Gasteiger charge is 2.12. The first-order chi connectivity index (χ1) is 11.1. The van der Waals surface area contributed by atoms with Crippen LogP contribution >= 0.6 is 0 Å². The molecule has 1 atom stereocenters. The number of carbonyl (C=O) groups excluding carboxylic acids is 1. The number of rotatable bonds is 3. The van der Waals surface area contributed by atoms with E-state index in [1.54, 1.807) is 0 Å².